The normalized spacial score (nSPS) is 25.4. The van der Waals surface area contributed by atoms with E-state index in [1.165, 1.54) is 20.8 Å². The molecule has 3 fully saturated rings. The third-order valence-corrected chi connectivity index (χ3v) is 15.5. The van der Waals surface area contributed by atoms with Crippen molar-refractivity contribution < 1.29 is 126 Å². The Kier molecular flexibility index (Phi) is 43.5. The molecule has 0 spiro atoms. The zero-order valence-electron chi connectivity index (χ0n) is 56.7. The number of nitrogens with two attached hydrogens (primary N) is 3. The van der Waals surface area contributed by atoms with E-state index in [1.807, 2.05) is 6.92 Å². The molecule has 3 saturated heterocycles. The Balaban J connectivity index is 1.31. The van der Waals surface area contributed by atoms with Crippen LogP contribution in [0, 0.1) is 5.41 Å². The summed E-state index contributed by atoms with van der Waals surface area (Å²) in [5.41, 5.74) is 17.2. The standard InChI is InChI=1S/C62H111N9O26/c1-39(72)92-33-42-32-43(75)52(63)59(95-42)89-26-8-5-14-46(76)66-20-11-23-69-49(79)17-29-86-36-62(4,37-87-30-18-50(80)70-24-12-21-67-47(77)15-6-9-27-90-60-53(64)57(84)55(82)44(96-60)34-93-40(2)73)38-88-31-19-51(81)71-25-13-22-68-48(78)16-7-10-28-91-61-54(65)58(85)56(83)45(97-61)35-94-41(3)74/h42-45,52-61,75,82-85H,5-38,63-65H2,1-4H3,(H,66,76)(H,67,77)(H,68,78)(H,69,79)(H,70,80)(H,71,81). The molecule has 97 heavy (non-hydrogen) atoms. The quantitative estimate of drug-likeness (QED) is 0.0156. The Morgan fingerprint density at radius 1 is 0.392 bits per heavy atom. The molecule has 14 unspecified atom stereocenters. The molecule has 3 aliphatic heterocycles. The van der Waals surface area contributed by atoms with Crippen LogP contribution in [0.5, 0.6) is 0 Å². The lowest BCUT2D eigenvalue weighted by Gasteiger charge is -2.40. The van der Waals surface area contributed by atoms with E-state index in [-0.39, 0.29) is 160 Å². The fourth-order valence-electron chi connectivity index (χ4n) is 9.79. The number of amides is 6. The minimum absolute atomic E-state index is 0.0266. The van der Waals surface area contributed by atoms with Crippen LogP contribution in [-0.4, -0.2) is 283 Å². The van der Waals surface area contributed by atoms with Crippen LogP contribution in [0.2, 0.25) is 0 Å². The van der Waals surface area contributed by atoms with E-state index < -0.39 is 109 Å². The van der Waals surface area contributed by atoms with Crippen LogP contribution in [0.3, 0.4) is 0 Å². The lowest BCUT2D eigenvalue weighted by atomic mass is 9.94. The van der Waals surface area contributed by atoms with Gasteiger partial charge in [-0.3, -0.25) is 43.2 Å². The highest BCUT2D eigenvalue weighted by Gasteiger charge is 2.45. The van der Waals surface area contributed by atoms with Crippen molar-refractivity contribution in [1.82, 2.24) is 31.9 Å². The fraction of sp³-hybridized carbons (Fsp3) is 0.855. The maximum Gasteiger partial charge on any atom is 0.302 e. The molecule has 0 saturated carbocycles. The van der Waals surface area contributed by atoms with Gasteiger partial charge in [-0.1, -0.05) is 6.92 Å². The highest BCUT2D eigenvalue weighted by molar-refractivity contribution is 5.78. The van der Waals surface area contributed by atoms with E-state index in [0.717, 1.165) is 0 Å². The number of nitrogens with one attached hydrogen (secondary N) is 6. The molecule has 0 aromatic rings. The van der Waals surface area contributed by atoms with Gasteiger partial charge >= 0.3 is 17.9 Å². The number of hydrogen-bond donors (Lipinski definition) is 14. The molecule has 3 aliphatic rings. The first kappa shape index (κ1) is 85.8. The fourth-order valence-corrected chi connectivity index (χ4v) is 9.79. The minimum atomic E-state index is -1.37. The second kappa shape index (κ2) is 49.1. The summed E-state index contributed by atoms with van der Waals surface area (Å²) >= 11 is 0. The Hall–Kier alpha value is -5.45. The van der Waals surface area contributed by atoms with Gasteiger partial charge in [-0.15, -0.1) is 0 Å². The third-order valence-electron chi connectivity index (χ3n) is 15.5. The summed E-state index contributed by atoms with van der Waals surface area (Å²) in [6, 6.07) is -2.86. The van der Waals surface area contributed by atoms with Gasteiger partial charge in [0.25, 0.3) is 0 Å². The van der Waals surface area contributed by atoms with Crippen LogP contribution in [-0.2, 0) is 100.0 Å². The Morgan fingerprint density at radius 3 is 1.01 bits per heavy atom. The number of carbonyl (C=O) groups excluding carboxylic acids is 9. The van der Waals surface area contributed by atoms with Gasteiger partial charge in [0.2, 0.25) is 35.4 Å². The summed E-state index contributed by atoms with van der Waals surface area (Å²) in [5, 5.41) is 68.1. The minimum Gasteiger partial charge on any atom is -0.463 e. The molecule has 560 valence electrons. The molecule has 6 amide bonds. The molecular formula is C62H111N9O26. The molecule has 14 atom stereocenters. The first-order valence-electron chi connectivity index (χ1n) is 33.5. The summed E-state index contributed by atoms with van der Waals surface area (Å²) in [5.74, 6) is -2.99. The molecule has 3 heterocycles. The number of hydrogen-bond acceptors (Lipinski definition) is 29. The van der Waals surface area contributed by atoms with E-state index in [4.69, 9.17) is 74.0 Å². The van der Waals surface area contributed by atoms with Crippen LogP contribution in [0.25, 0.3) is 0 Å². The largest absolute Gasteiger partial charge is 0.463 e. The van der Waals surface area contributed by atoms with Crippen LogP contribution >= 0.6 is 0 Å². The summed E-state index contributed by atoms with van der Waals surface area (Å²) in [7, 11) is 0. The molecule has 0 aromatic carbocycles. The number of unbranched alkanes of at least 4 members (excludes halogenated alkanes) is 3. The van der Waals surface area contributed by atoms with Crippen LogP contribution in [0.15, 0.2) is 0 Å². The maximum atomic E-state index is 12.7. The molecule has 3 rings (SSSR count). The zero-order valence-corrected chi connectivity index (χ0v) is 56.7. The van der Waals surface area contributed by atoms with Crippen molar-refractivity contribution in [1.29, 1.82) is 0 Å². The molecular weight excluding hydrogens is 1290 g/mol. The molecule has 17 N–H and O–H groups in total. The van der Waals surface area contributed by atoms with Gasteiger partial charge in [0, 0.05) is 130 Å². The lowest BCUT2D eigenvalue weighted by Crippen LogP contribution is -2.62. The number of esters is 3. The average Bonchev–Trinajstić information content (AvgIpc) is 0.855. The van der Waals surface area contributed by atoms with Crippen molar-refractivity contribution in [3.63, 3.8) is 0 Å². The second-order valence-electron chi connectivity index (χ2n) is 24.5. The van der Waals surface area contributed by atoms with E-state index in [1.54, 1.807) is 0 Å². The highest BCUT2D eigenvalue weighted by atomic mass is 16.7. The van der Waals surface area contributed by atoms with Gasteiger partial charge in [0.05, 0.1) is 70.0 Å². The van der Waals surface area contributed by atoms with Gasteiger partial charge in [0.1, 0.15) is 56.4 Å². The van der Waals surface area contributed by atoms with Crippen molar-refractivity contribution in [2.24, 2.45) is 22.6 Å². The molecule has 0 bridgehead atoms. The van der Waals surface area contributed by atoms with Crippen LogP contribution in [0.4, 0.5) is 0 Å². The first-order valence-corrected chi connectivity index (χ1v) is 33.5. The zero-order chi connectivity index (χ0) is 71.5. The summed E-state index contributed by atoms with van der Waals surface area (Å²) in [6.07, 6.45) is -6.68. The van der Waals surface area contributed by atoms with E-state index in [2.05, 4.69) is 31.9 Å². The smallest absolute Gasteiger partial charge is 0.302 e. The van der Waals surface area contributed by atoms with Gasteiger partial charge in [-0.05, 0) is 57.8 Å². The second-order valence-corrected chi connectivity index (χ2v) is 24.5. The molecule has 0 aliphatic carbocycles. The van der Waals surface area contributed by atoms with Crippen molar-refractivity contribution in [2.45, 2.75) is 216 Å². The number of rotatable bonds is 51. The number of carbonyl (C=O) groups is 9. The molecule has 0 radical (unpaired) electrons. The monoisotopic (exact) mass is 1400 g/mol. The van der Waals surface area contributed by atoms with Gasteiger partial charge in [0.15, 0.2) is 18.9 Å². The molecule has 35 heteroatoms. The molecule has 0 aromatic heterocycles. The summed E-state index contributed by atoms with van der Waals surface area (Å²) in [6.45, 7) is 7.81. The third kappa shape index (κ3) is 37.5. The number of ether oxygens (including phenoxy) is 12. The van der Waals surface area contributed by atoms with Gasteiger partial charge in [-0.25, -0.2) is 0 Å². The predicted molar refractivity (Wildman–Crippen MR) is 340 cm³/mol. The number of aliphatic hydroxyl groups is 5. The predicted octanol–water partition coefficient (Wildman–Crippen LogP) is -4.32. The van der Waals surface area contributed by atoms with E-state index >= 15 is 0 Å². The number of aliphatic hydroxyl groups excluding tert-OH is 5. The molecule has 35 nitrogen and oxygen atoms in total. The first-order chi connectivity index (χ1) is 46.3. The van der Waals surface area contributed by atoms with Gasteiger partial charge in [-0.2, -0.15) is 0 Å². The Bertz CT molecular complexity index is 2220. The van der Waals surface area contributed by atoms with Crippen molar-refractivity contribution in [2.75, 3.05) is 119 Å². The van der Waals surface area contributed by atoms with Crippen molar-refractivity contribution in [3.05, 3.63) is 0 Å². The average molecular weight is 1400 g/mol. The Labute approximate surface area is 566 Å². The maximum absolute atomic E-state index is 12.7. The van der Waals surface area contributed by atoms with Crippen molar-refractivity contribution >= 4 is 53.4 Å². The SMILES string of the molecule is CC(=O)OCC1CC(O)C(N)C(OCCCCC(=O)NCCCNC(=O)CCOCC(C)(COCCC(=O)NCCCNC(=O)CCCCOC2OC(COC(C)=O)C(O)C(O)C2N)COCCC(=O)NCCCNC(=O)CCCCOC2OC(COC(C)=O)C(O)C(O)C2N)O1. The van der Waals surface area contributed by atoms with Gasteiger partial charge < -0.3 is 131 Å². The van der Waals surface area contributed by atoms with E-state index in [0.29, 0.717) is 97.1 Å². The van der Waals surface area contributed by atoms with Crippen molar-refractivity contribution in [3.8, 4) is 0 Å². The lowest BCUT2D eigenvalue weighted by molar-refractivity contribution is -0.267. The van der Waals surface area contributed by atoms with E-state index in [9.17, 15) is 68.7 Å². The summed E-state index contributed by atoms with van der Waals surface area (Å²) in [4.78, 5) is 109. The van der Waals surface area contributed by atoms with Crippen LogP contribution < -0.4 is 49.1 Å². The highest BCUT2D eigenvalue weighted by Crippen LogP contribution is 2.25. The topological polar surface area (TPSA) is 516 Å². The summed E-state index contributed by atoms with van der Waals surface area (Å²) < 4.78 is 66.5. The van der Waals surface area contributed by atoms with Crippen LogP contribution in [0.1, 0.15) is 130 Å². The Morgan fingerprint density at radius 2 is 0.691 bits per heavy atom.